The number of unbranched alkanes of at least 4 members (excludes halogenated alkanes) is 2. The monoisotopic (exact) mass is 492 g/mol. The normalized spacial score (nSPS) is 13.2. The molecule has 1 aromatic carbocycles. The van der Waals surface area contributed by atoms with Crippen molar-refractivity contribution in [1.29, 1.82) is 0 Å². The highest BCUT2D eigenvalue weighted by Crippen LogP contribution is 2.47. The molecular formula is C19H24F6NO5S-. The first-order chi connectivity index (χ1) is 14.6. The lowest BCUT2D eigenvalue weighted by Gasteiger charge is -2.36. The summed E-state index contributed by atoms with van der Waals surface area (Å²) in [6.45, 7) is 5.28. The van der Waals surface area contributed by atoms with Crippen molar-refractivity contribution >= 4 is 21.8 Å². The van der Waals surface area contributed by atoms with Gasteiger partial charge < -0.3 is 14.2 Å². The van der Waals surface area contributed by atoms with Gasteiger partial charge in [-0.25, -0.2) is 13.2 Å². The molecule has 13 heteroatoms. The molecular weight excluding hydrogens is 468 g/mol. The van der Waals surface area contributed by atoms with E-state index in [0.29, 0.717) is 18.8 Å². The van der Waals surface area contributed by atoms with Crippen LogP contribution in [0.4, 0.5) is 32.0 Å². The lowest BCUT2D eigenvalue weighted by atomic mass is 10.1. The Hall–Kier alpha value is -2.02. The number of anilines is 1. The van der Waals surface area contributed by atoms with E-state index in [0.717, 1.165) is 37.8 Å². The van der Waals surface area contributed by atoms with Crippen molar-refractivity contribution < 1.29 is 48.8 Å². The molecule has 1 aromatic rings. The van der Waals surface area contributed by atoms with Crippen molar-refractivity contribution in [2.24, 2.45) is 0 Å². The van der Waals surface area contributed by atoms with Crippen molar-refractivity contribution in [3.8, 4) is 0 Å². The third-order valence-electron chi connectivity index (χ3n) is 4.59. The summed E-state index contributed by atoms with van der Waals surface area (Å²) < 4.78 is 116. The maximum absolute atomic E-state index is 13.3. The largest absolute Gasteiger partial charge is 0.748 e. The third kappa shape index (κ3) is 7.26. The predicted octanol–water partition coefficient (Wildman–Crippen LogP) is 4.66. The van der Waals surface area contributed by atoms with Gasteiger partial charge in [-0.3, -0.25) is 0 Å². The van der Waals surface area contributed by atoms with Gasteiger partial charge in [0.25, 0.3) is 0 Å². The minimum Gasteiger partial charge on any atom is -0.748 e. The van der Waals surface area contributed by atoms with Crippen molar-refractivity contribution in [3.63, 3.8) is 0 Å². The highest BCUT2D eigenvalue weighted by molar-refractivity contribution is 7.85. The molecule has 0 radical (unpaired) electrons. The van der Waals surface area contributed by atoms with Gasteiger partial charge in [-0.1, -0.05) is 26.7 Å². The molecule has 0 spiro atoms. The number of nitrogens with zero attached hydrogens (tertiary/aromatic N) is 1. The van der Waals surface area contributed by atoms with Crippen LogP contribution < -0.4 is 4.90 Å². The van der Waals surface area contributed by atoms with Gasteiger partial charge in [0, 0.05) is 18.8 Å². The second-order valence-electron chi connectivity index (χ2n) is 7.16. The van der Waals surface area contributed by atoms with E-state index in [9.17, 15) is 44.1 Å². The van der Waals surface area contributed by atoms with E-state index in [4.69, 9.17) is 0 Å². The smallest absolute Gasteiger partial charge is 0.438 e. The van der Waals surface area contributed by atoms with E-state index in [1.807, 2.05) is 18.7 Å². The van der Waals surface area contributed by atoms with Crippen LogP contribution in [0.25, 0.3) is 0 Å². The Morgan fingerprint density at radius 3 is 1.72 bits per heavy atom. The van der Waals surface area contributed by atoms with E-state index < -0.39 is 45.4 Å². The second kappa shape index (κ2) is 10.7. The molecule has 0 aromatic heterocycles. The molecule has 0 aliphatic rings. The Labute approximate surface area is 182 Å². The first-order valence-corrected chi connectivity index (χ1v) is 11.3. The summed E-state index contributed by atoms with van der Waals surface area (Å²) >= 11 is 0. The molecule has 0 aliphatic carbocycles. The Balaban J connectivity index is 3.26. The van der Waals surface area contributed by atoms with Gasteiger partial charge in [-0.05, 0) is 37.1 Å². The molecule has 0 fully saturated rings. The SMILES string of the molecule is CCCCN(CCCC)c1ccc(C(=O)OC(CS(=O)(=O)[O-])(C(F)(F)F)C(F)(F)F)cc1. The van der Waals surface area contributed by atoms with E-state index in [2.05, 4.69) is 4.74 Å². The van der Waals surface area contributed by atoms with Crippen LogP contribution in [0.3, 0.4) is 0 Å². The van der Waals surface area contributed by atoms with E-state index in [-0.39, 0.29) is 0 Å². The van der Waals surface area contributed by atoms with Crippen LogP contribution in [-0.2, 0) is 14.9 Å². The molecule has 6 nitrogen and oxygen atoms in total. The van der Waals surface area contributed by atoms with Crippen LogP contribution in [-0.4, -0.2) is 55.7 Å². The average Bonchev–Trinajstić information content (AvgIpc) is 2.65. The molecule has 0 heterocycles. The Kier molecular flexibility index (Phi) is 9.39. The standard InChI is InChI=1S/C19H25F6NO5S/c1-3-5-11-26(12-6-4-2)15-9-7-14(8-10-15)16(27)31-17(18(20,21)22,19(23,24)25)13-32(28,29)30/h7-10H,3-6,11-13H2,1-2H3,(H,28,29,30)/p-1. The number of hydrogen-bond acceptors (Lipinski definition) is 6. The van der Waals surface area contributed by atoms with Gasteiger partial charge in [0.15, 0.2) is 0 Å². The van der Waals surface area contributed by atoms with Crippen LogP contribution in [0, 0.1) is 0 Å². The molecule has 0 N–H and O–H groups in total. The first-order valence-electron chi connectivity index (χ1n) is 9.73. The minimum absolute atomic E-state index is 0.600. The number of benzene rings is 1. The minimum atomic E-state index is -6.41. The average molecular weight is 492 g/mol. The topological polar surface area (TPSA) is 86.7 Å². The molecule has 0 unspecified atom stereocenters. The Morgan fingerprint density at radius 1 is 0.938 bits per heavy atom. The van der Waals surface area contributed by atoms with Crippen molar-refractivity contribution in [2.75, 3.05) is 23.7 Å². The zero-order valence-corrected chi connectivity index (χ0v) is 18.2. The van der Waals surface area contributed by atoms with Crippen LogP contribution >= 0.6 is 0 Å². The maximum Gasteiger partial charge on any atom is 0.438 e. The molecule has 32 heavy (non-hydrogen) atoms. The van der Waals surface area contributed by atoms with E-state index in [1.165, 1.54) is 12.1 Å². The molecule has 0 aliphatic heterocycles. The van der Waals surface area contributed by atoms with E-state index in [1.54, 1.807) is 0 Å². The van der Waals surface area contributed by atoms with Gasteiger partial charge in [0.1, 0.15) is 0 Å². The highest BCUT2D eigenvalue weighted by Gasteiger charge is 2.75. The number of rotatable bonds is 11. The summed E-state index contributed by atoms with van der Waals surface area (Å²) in [5.74, 6) is -5.10. The summed E-state index contributed by atoms with van der Waals surface area (Å²) in [7, 11) is -6.09. The van der Waals surface area contributed by atoms with Crippen molar-refractivity contribution in [2.45, 2.75) is 57.5 Å². The fourth-order valence-electron chi connectivity index (χ4n) is 2.81. The molecule has 0 bridgehead atoms. The molecule has 1 rings (SSSR count). The third-order valence-corrected chi connectivity index (χ3v) is 5.35. The fourth-order valence-corrected chi connectivity index (χ4v) is 3.70. The molecule has 184 valence electrons. The summed E-state index contributed by atoms with van der Waals surface area (Å²) in [6.07, 6.45) is -9.34. The quantitative estimate of drug-likeness (QED) is 0.254. The summed E-state index contributed by atoms with van der Waals surface area (Å²) in [5, 5.41) is 0. The van der Waals surface area contributed by atoms with Gasteiger partial charge in [-0.2, -0.15) is 26.3 Å². The van der Waals surface area contributed by atoms with Crippen LogP contribution in [0.1, 0.15) is 49.9 Å². The van der Waals surface area contributed by atoms with Crippen molar-refractivity contribution in [3.05, 3.63) is 29.8 Å². The summed E-state index contributed by atoms with van der Waals surface area (Å²) in [6, 6.07) is 4.64. The van der Waals surface area contributed by atoms with Gasteiger partial charge in [-0.15, -0.1) is 0 Å². The molecule has 0 atom stereocenters. The number of ether oxygens (including phenoxy) is 1. The lowest BCUT2D eigenvalue weighted by molar-refractivity contribution is -0.356. The van der Waals surface area contributed by atoms with Crippen LogP contribution in [0.5, 0.6) is 0 Å². The molecule has 0 saturated carbocycles. The van der Waals surface area contributed by atoms with Gasteiger partial charge in [0.05, 0.1) is 21.4 Å². The Morgan fingerprint density at radius 2 is 1.38 bits per heavy atom. The highest BCUT2D eigenvalue weighted by atomic mass is 32.2. The molecule has 0 saturated heterocycles. The van der Waals surface area contributed by atoms with Gasteiger partial charge in [0.2, 0.25) is 0 Å². The Bertz CT molecular complexity index is 830. The van der Waals surface area contributed by atoms with E-state index >= 15 is 0 Å². The van der Waals surface area contributed by atoms with Crippen LogP contribution in [0.15, 0.2) is 24.3 Å². The number of halogens is 6. The number of alkyl halides is 6. The number of carbonyl (C=O) groups excluding carboxylic acids is 1. The fraction of sp³-hybridized carbons (Fsp3) is 0.632. The van der Waals surface area contributed by atoms with Gasteiger partial charge >= 0.3 is 23.9 Å². The number of hydrogen-bond donors (Lipinski definition) is 0. The second-order valence-corrected chi connectivity index (χ2v) is 8.56. The van der Waals surface area contributed by atoms with Crippen molar-refractivity contribution in [1.82, 2.24) is 0 Å². The zero-order chi connectivity index (χ0) is 24.8. The molecule has 0 amide bonds. The first kappa shape index (κ1) is 28.0. The lowest BCUT2D eigenvalue weighted by Crippen LogP contribution is -2.63. The summed E-state index contributed by atoms with van der Waals surface area (Å²) in [4.78, 5) is 14.1. The summed E-state index contributed by atoms with van der Waals surface area (Å²) in [5.41, 5.74) is -5.56. The maximum atomic E-state index is 13.3. The zero-order valence-electron chi connectivity index (χ0n) is 17.4. The number of carbonyl (C=O) groups is 1. The number of esters is 1. The predicted molar refractivity (Wildman–Crippen MR) is 103 cm³/mol. The van der Waals surface area contributed by atoms with Crippen LogP contribution in [0.2, 0.25) is 0 Å².